The lowest BCUT2D eigenvalue weighted by Crippen LogP contribution is -2.38. The molecule has 0 spiro atoms. The summed E-state index contributed by atoms with van der Waals surface area (Å²) in [5.74, 6) is 3.89. The smallest absolute Gasteiger partial charge is 0.136 e. The molecular weight excluding hydrogens is 236 g/mol. The summed E-state index contributed by atoms with van der Waals surface area (Å²) in [6.07, 6.45) is 4.86. The Balaban J connectivity index is 1.72. The minimum atomic E-state index is 0.626. The molecule has 1 saturated heterocycles. The Hall–Kier alpha value is -0.900. The number of nitrogens with zero attached hydrogens (tertiary/aromatic N) is 4. The van der Waals surface area contributed by atoms with Gasteiger partial charge in [-0.3, -0.25) is 0 Å². The van der Waals surface area contributed by atoms with E-state index in [2.05, 4.69) is 40.4 Å². The van der Waals surface area contributed by atoms with Gasteiger partial charge in [-0.1, -0.05) is 6.92 Å². The number of rotatable bonds is 2. The summed E-state index contributed by atoms with van der Waals surface area (Å²) in [4.78, 5) is 2.58. The van der Waals surface area contributed by atoms with Crippen LogP contribution in [0.25, 0.3) is 0 Å². The highest BCUT2D eigenvalue weighted by atomic mass is 15.3. The third kappa shape index (κ3) is 2.55. The van der Waals surface area contributed by atoms with Crippen LogP contribution in [-0.2, 0) is 13.0 Å². The van der Waals surface area contributed by atoms with E-state index in [-0.39, 0.29) is 0 Å². The van der Waals surface area contributed by atoms with Gasteiger partial charge in [0.2, 0.25) is 0 Å². The standard InChI is InChI=1S/C15H26N4/c1-11(2)18-8-6-13(7-9-18)15-17-16-14-5-4-12(3)10-19(14)15/h11-13H,4-10H2,1-3H3. The van der Waals surface area contributed by atoms with Gasteiger partial charge >= 0.3 is 0 Å². The first-order chi connectivity index (χ1) is 9.15. The van der Waals surface area contributed by atoms with Gasteiger partial charge in [0.15, 0.2) is 0 Å². The SMILES string of the molecule is CC1CCc2nnc(C3CCN(C(C)C)CC3)n2C1. The predicted octanol–water partition coefficient (Wildman–Crippen LogP) is 2.45. The van der Waals surface area contributed by atoms with Crippen molar-refractivity contribution in [2.75, 3.05) is 13.1 Å². The third-order valence-electron chi connectivity index (χ3n) is 4.84. The number of aryl methyl sites for hydroxylation is 1. The summed E-state index contributed by atoms with van der Waals surface area (Å²) in [6, 6.07) is 0.674. The molecule has 2 aliphatic heterocycles. The van der Waals surface area contributed by atoms with Crippen molar-refractivity contribution in [2.45, 2.75) is 65.0 Å². The van der Waals surface area contributed by atoms with Crippen molar-refractivity contribution in [1.29, 1.82) is 0 Å². The molecule has 2 aliphatic rings. The predicted molar refractivity (Wildman–Crippen MR) is 76.2 cm³/mol. The first kappa shape index (κ1) is 13.1. The van der Waals surface area contributed by atoms with Gasteiger partial charge in [-0.15, -0.1) is 10.2 Å². The molecule has 1 atom stereocenters. The van der Waals surface area contributed by atoms with E-state index in [0.29, 0.717) is 12.0 Å². The molecule has 0 bridgehead atoms. The zero-order valence-electron chi connectivity index (χ0n) is 12.5. The average molecular weight is 262 g/mol. The van der Waals surface area contributed by atoms with Gasteiger partial charge in [0.25, 0.3) is 0 Å². The topological polar surface area (TPSA) is 34.0 Å². The van der Waals surface area contributed by atoms with Crippen LogP contribution in [0.5, 0.6) is 0 Å². The second-order valence-electron chi connectivity index (χ2n) is 6.63. The Morgan fingerprint density at radius 2 is 1.84 bits per heavy atom. The number of aromatic nitrogens is 3. The van der Waals surface area contributed by atoms with Crippen LogP contribution >= 0.6 is 0 Å². The summed E-state index contributed by atoms with van der Waals surface area (Å²) >= 11 is 0. The molecule has 0 aromatic carbocycles. The number of fused-ring (bicyclic) bond motifs is 1. The second kappa shape index (κ2) is 5.23. The highest BCUT2D eigenvalue weighted by Crippen LogP contribution is 2.30. The van der Waals surface area contributed by atoms with E-state index in [1.165, 1.54) is 44.0 Å². The first-order valence-corrected chi connectivity index (χ1v) is 7.81. The molecule has 0 saturated carbocycles. The van der Waals surface area contributed by atoms with E-state index >= 15 is 0 Å². The van der Waals surface area contributed by atoms with Gasteiger partial charge in [-0.2, -0.15) is 0 Å². The molecule has 106 valence electrons. The van der Waals surface area contributed by atoms with Crippen LogP contribution in [0.2, 0.25) is 0 Å². The van der Waals surface area contributed by atoms with E-state index in [9.17, 15) is 0 Å². The molecule has 3 heterocycles. The second-order valence-corrected chi connectivity index (χ2v) is 6.63. The molecular formula is C15H26N4. The van der Waals surface area contributed by atoms with Crippen LogP contribution in [0, 0.1) is 5.92 Å². The number of likely N-dealkylation sites (tertiary alicyclic amines) is 1. The number of piperidine rings is 1. The molecule has 3 rings (SSSR count). The van der Waals surface area contributed by atoms with E-state index < -0.39 is 0 Å². The average Bonchev–Trinajstić information content (AvgIpc) is 2.81. The lowest BCUT2D eigenvalue weighted by molar-refractivity contribution is 0.167. The fraction of sp³-hybridized carbons (Fsp3) is 0.867. The maximum absolute atomic E-state index is 4.52. The van der Waals surface area contributed by atoms with Crippen LogP contribution in [0.4, 0.5) is 0 Å². The molecule has 0 N–H and O–H groups in total. The molecule has 4 nitrogen and oxygen atoms in total. The van der Waals surface area contributed by atoms with Gasteiger partial charge in [-0.05, 0) is 52.1 Å². The summed E-state index contributed by atoms with van der Waals surface area (Å²) in [5, 5.41) is 8.94. The van der Waals surface area contributed by atoms with Crippen molar-refractivity contribution in [3.8, 4) is 0 Å². The van der Waals surface area contributed by atoms with E-state index in [1.54, 1.807) is 0 Å². The maximum Gasteiger partial charge on any atom is 0.136 e. The largest absolute Gasteiger partial charge is 0.314 e. The van der Waals surface area contributed by atoms with Gasteiger partial charge in [0.1, 0.15) is 11.6 Å². The molecule has 0 radical (unpaired) electrons. The summed E-state index contributed by atoms with van der Waals surface area (Å²) in [5.41, 5.74) is 0. The minimum absolute atomic E-state index is 0.626. The van der Waals surface area contributed by atoms with Crippen LogP contribution in [0.3, 0.4) is 0 Å². The van der Waals surface area contributed by atoms with Gasteiger partial charge in [0.05, 0.1) is 0 Å². The highest BCUT2D eigenvalue weighted by molar-refractivity contribution is 5.06. The van der Waals surface area contributed by atoms with Crippen molar-refractivity contribution in [1.82, 2.24) is 19.7 Å². The first-order valence-electron chi connectivity index (χ1n) is 7.81. The zero-order chi connectivity index (χ0) is 13.4. The normalized spacial score (nSPS) is 25.8. The summed E-state index contributed by atoms with van der Waals surface area (Å²) in [7, 11) is 0. The van der Waals surface area contributed by atoms with Crippen LogP contribution in [0.1, 0.15) is 57.6 Å². The fourth-order valence-electron chi connectivity index (χ4n) is 3.49. The van der Waals surface area contributed by atoms with Crippen LogP contribution in [-0.4, -0.2) is 38.8 Å². The van der Waals surface area contributed by atoms with Crippen molar-refractivity contribution in [2.24, 2.45) is 5.92 Å². The van der Waals surface area contributed by atoms with E-state index in [1.807, 2.05) is 0 Å². The van der Waals surface area contributed by atoms with E-state index in [4.69, 9.17) is 0 Å². The number of hydrogen-bond acceptors (Lipinski definition) is 3. The molecule has 1 aromatic rings. The van der Waals surface area contributed by atoms with Crippen molar-refractivity contribution < 1.29 is 0 Å². The monoisotopic (exact) mass is 262 g/mol. The highest BCUT2D eigenvalue weighted by Gasteiger charge is 2.28. The van der Waals surface area contributed by atoms with Crippen molar-refractivity contribution >= 4 is 0 Å². The third-order valence-corrected chi connectivity index (χ3v) is 4.84. The zero-order valence-corrected chi connectivity index (χ0v) is 12.5. The van der Waals surface area contributed by atoms with Gasteiger partial charge in [0, 0.05) is 24.9 Å². The number of hydrogen-bond donors (Lipinski definition) is 0. The van der Waals surface area contributed by atoms with E-state index in [0.717, 1.165) is 18.9 Å². The summed E-state index contributed by atoms with van der Waals surface area (Å²) < 4.78 is 2.42. The molecule has 19 heavy (non-hydrogen) atoms. The Bertz CT molecular complexity index is 429. The Morgan fingerprint density at radius 3 is 2.53 bits per heavy atom. The Morgan fingerprint density at radius 1 is 1.11 bits per heavy atom. The maximum atomic E-state index is 4.52. The minimum Gasteiger partial charge on any atom is -0.314 e. The summed E-state index contributed by atoms with van der Waals surface area (Å²) in [6.45, 7) is 10.5. The van der Waals surface area contributed by atoms with Gasteiger partial charge < -0.3 is 9.47 Å². The van der Waals surface area contributed by atoms with Crippen LogP contribution in [0.15, 0.2) is 0 Å². The molecule has 1 fully saturated rings. The molecule has 4 heteroatoms. The molecule has 1 unspecified atom stereocenters. The molecule has 1 aromatic heterocycles. The Labute approximate surface area is 116 Å². The Kier molecular flexibility index (Phi) is 3.61. The molecule has 0 aliphatic carbocycles. The van der Waals surface area contributed by atoms with Crippen molar-refractivity contribution in [3.63, 3.8) is 0 Å². The fourth-order valence-corrected chi connectivity index (χ4v) is 3.49. The lowest BCUT2D eigenvalue weighted by Gasteiger charge is -2.34. The quantitative estimate of drug-likeness (QED) is 0.821. The molecule has 0 amide bonds. The van der Waals surface area contributed by atoms with Crippen LogP contribution < -0.4 is 0 Å². The van der Waals surface area contributed by atoms with Gasteiger partial charge in [-0.25, -0.2) is 0 Å². The van der Waals surface area contributed by atoms with Crippen molar-refractivity contribution in [3.05, 3.63) is 11.6 Å². The lowest BCUT2D eigenvalue weighted by atomic mass is 9.94.